The van der Waals surface area contributed by atoms with Crippen LogP contribution < -0.4 is 0 Å². The zero-order chi connectivity index (χ0) is 13.1. The van der Waals surface area contributed by atoms with Crippen LogP contribution in [0.1, 0.15) is 45.0 Å². The van der Waals surface area contributed by atoms with Crippen LogP contribution in [0.15, 0.2) is 22.8 Å². The molecule has 2 heterocycles. The fourth-order valence-electron chi connectivity index (χ4n) is 2.56. The maximum Gasteiger partial charge on any atom is 0.225 e. The van der Waals surface area contributed by atoms with Crippen molar-refractivity contribution in [3.8, 4) is 0 Å². The van der Waals surface area contributed by atoms with E-state index < -0.39 is 6.10 Å². The van der Waals surface area contributed by atoms with E-state index in [2.05, 4.69) is 0 Å². The van der Waals surface area contributed by atoms with Gasteiger partial charge in [0.1, 0.15) is 11.9 Å². The van der Waals surface area contributed by atoms with E-state index in [1.54, 1.807) is 18.4 Å². The lowest BCUT2D eigenvalue weighted by Crippen LogP contribution is -2.38. The van der Waals surface area contributed by atoms with Crippen LogP contribution >= 0.6 is 0 Å². The number of rotatable bonds is 4. The Bertz CT molecular complexity index is 386. The second-order valence-electron chi connectivity index (χ2n) is 5.25. The van der Waals surface area contributed by atoms with Crippen LogP contribution in [-0.4, -0.2) is 28.5 Å². The summed E-state index contributed by atoms with van der Waals surface area (Å²) in [5.74, 6) is 0.786. The third kappa shape index (κ3) is 2.75. The van der Waals surface area contributed by atoms with Crippen LogP contribution in [0.3, 0.4) is 0 Å². The lowest BCUT2D eigenvalue weighted by molar-refractivity contribution is -0.135. The predicted octanol–water partition coefficient (Wildman–Crippen LogP) is 2.35. The summed E-state index contributed by atoms with van der Waals surface area (Å²) >= 11 is 0. The molecule has 100 valence electrons. The number of carbonyl (C=O) groups is 1. The van der Waals surface area contributed by atoms with E-state index in [1.165, 1.54) is 0 Å². The number of nitrogens with zero attached hydrogens (tertiary/aromatic N) is 1. The number of carbonyl (C=O) groups excluding carboxylic acids is 1. The van der Waals surface area contributed by atoms with E-state index >= 15 is 0 Å². The van der Waals surface area contributed by atoms with E-state index in [1.807, 2.05) is 18.7 Å². The Hall–Kier alpha value is -1.29. The predicted molar refractivity (Wildman–Crippen MR) is 67.9 cm³/mol. The summed E-state index contributed by atoms with van der Waals surface area (Å²) < 4.78 is 5.20. The number of aliphatic hydroxyl groups is 1. The molecule has 1 fully saturated rings. The van der Waals surface area contributed by atoms with E-state index in [0.717, 1.165) is 19.4 Å². The number of likely N-dealkylation sites (tertiary alicyclic amines) is 1. The third-order valence-corrected chi connectivity index (χ3v) is 3.52. The number of hydrogen-bond donors (Lipinski definition) is 1. The zero-order valence-electron chi connectivity index (χ0n) is 11.0. The molecule has 1 aliphatic heterocycles. The molecule has 4 heteroatoms. The maximum absolute atomic E-state index is 12.0. The molecule has 2 rings (SSSR count). The van der Waals surface area contributed by atoms with Crippen molar-refractivity contribution in [2.24, 2.45) is 5.92 Å². The summed E-state index contributed by atoms with van der Waals surface area (Å²) in [6.45, 7) is 4.65. The summed E-state index contributed by atoms with van der Waals surface area (Å²) in [6.07, 6.45) is 3.49. The minimum Gasteiger partial charge on any atom is -0.467 e. The molecule has 0 aromatic carbocycles. The minimum absolute atomic E-state index is 0.0198. The monoisotopic (exact) mass is 251 g/mol. The summed E-state index contributed by atoms with van der Waals surface area (Å²) in [5, 5.41) is 10.1. The maximum atomic E-state index is 12.0. The van der Waals surface area contributed by atoms with Crippen molar-refractivity contribution in [1.29, 1.82) is 0 Å². The van der Waals surface area contributed by atoms with Gasteiger partial charge in [-0.25, -0.2) is 0 Å². The van der Waals surface area contributed by atoms with Crippen molar-refractivity contribution in [2.45, 2.75) is 45.3 Å². The Morgan fingerprint density at radius 1 is 1.61 bits per heavy atom. The Kier molecular flexibility index (Phi) is 4.07. The molecule has 0 radical (unpaired) electrons. The molecule has 1 N–H and O–H groups in total. The topological polar surface area (TPSA) is 53.7 Å². The van der Waals surface area contributed by atoms with Gasteiger partial charge in [-0.15, -0.1) is 0 Å². The first-order chi connectivity index (χ1) is 8.59. The molecule has 2 unspecified atom stereocenters. The zero-order valence-corrected chi connectivity index (χ0v) is 11.0. The van der Waals surface area contributed by atoms with Gasteiger partial charge in [-0.3, -0.25) is 4.79 Å². The lowest BCUT2D eigenvalue weighted by atomic mass is 10.0. The SMILES string of the molecule is CC(C)C(=O)N1CCCC1CC(O)c1ccco1. The highest BCUT2D eigenvalue weighted by Crippen LogP contribution is 2.28. The largest absolute Gasteiger partial charge is 0.467 e. The first-order valence-electron chi connectivity index (χ1n) is 6.61. The first kappa shape index (κ1) is 13.1. The van der Waals surface area contributed by atoms with Gasteiger partial charge in [0, 0.05) is 24.9 Å². The molecule has 1 aliphatic rings. The standard InChI is InChI=1S/C14H21NO3/c1-10(2)14(17)15-7-3-5-11(15)9-12(16)13-6-4-8-18-13/h4,6,8,10-12,16H,3,5,7,9H2,1-2H3. The molecular weight excluding hydrogens is 230 g/mol. The van der Waals surface area contributed by atoms with Gasteiger partial charge in [-0.05, 0) is 25.0 Å². The van der Waals surface area contributed by atoms with Crippen molar-refractivity contribution in [3.63, 3.8) is 0 Å². The van der Waals surface area contributed by atoms with Gasteiger partial charge < -0.3 is 14.4 Å². The fraction of sp³-hybridized carbons (Fsp3) is 0.643. The lowest BCUT2D eigenvalue weighted by Gasteiger charge is -2.27. The van der Waals surface area contributed by atoms with Gasteiger partial charge in [0.15, 0.2) is 0 Å². The second kappa shape index (κ2) is 5.57. The summed E-state index contributed by atoms with van der Waals surface area (Å²) in [6, 6.07) is 3.68. The highest BCUT2D eigenvalue weighted by Gasteiger charge is 2.32. The van der Waals surface area contributed by atoms with Crippen molar-refractivity contribution in [3.05, 3.63) is 24.2 Å². The van der Waals surface area contributed by atoms with Gasteiger partial charge in [0.25, 0.3) is 0 Å². The molecule has 1 aromatic rings. The van der Waals surface area contributed by atoms with Crippen LogP contribution in [0.4, 0.5) is 0 Å². The number of hydrogen-bond acceptors (Lipinski definition) is 3. The molecule has 18 heavy (non-hydrogen) atoms. The highest BCUT2D eigenvalue weighted by atomic mass is 16.4. The summed E-state index contributed by atoms with van der Waals surface area (Å²) in [7, 11) is 0. The quantitative estimate of drug-likeness (QED) is 0.893. The molecule has 0 saturated carbocycles. The Morgan fingerprint density at radius 3 is 3.00 bits per heavy atom. The van der Waals surface area contributed by atoms with E-state index in [-0.39, 0.29) is 17.9 Å². The van der Waals surface area contributed by atoms with Gasteiger partial charge in [0.05, 0.1) is 6.26 Å². The first-order valence-corrected chi connectivity index (χ1v) is 6.61. The Labute approximate surface area is 108 Å². The van der Waals surface area contributed by atoms with Crippen LogP contribution in [0.25, 0.3) is 0 Å². The number of amides is 1. The molecule has 0 bridgehead atoms. The molecular formula is C14H21NO3. The van der Waals surface area contributed by atoms with Crippen LogP contribution in [0, 0.1) is 5.92 Å². The molecule has 0 spiro atoms. The van der Waals surface area contributed by atoms with E-state index in [0.29, 0.717) is 12.2 Å². The highest BCUT2D eigenvalue weighted by molar-refractivity contribution is 5.78. The molecule has 0 aliphatic carbocycles. The second-order valence-corrected chi connectivity index (χ2v) is 5.25. The van der Waals surface area contributed by atoms with Crippen molar-refractivity contribution >= 4 is 5.91 Å². The van der Waals surface area contributed by atoms with Gasteiger partial charge in [0.2, 0.25) is 5.91 Å². The van der Waals surface area contributed by atoms with Gasteiger partial charge in [-0.1, -0.05) is 13.8 Å². The third-order valence-electron chi connectivity index (χ3n) is 3.52. The van der Waals surface area contributed by atoms with Crippen LogP contribution in [-0.2, 0) is 4.79 Å². The minimum atomic E-state index is -0.620. The Morgan fingerprint density at radius 2 is 2.39 bits per heavy atom. The molecule has 1 amide bonds. The average molecular weight is 251 g/mol. The van der Waals surface area contributed by atoms with Crippen LogP contribution in [0.5, 0.6) is 0 Å². The van der Waals surface area contributed by atoms with Crippen LogP contribution in [0.2, 0.25) is 0 Å². The molecule has 1 saturated heterocycles. The summed E-state index contributed by atoms with van der Waals surface area (Å²) in [4.78, 5) is 14.0. The van der Waals surface area contributed by atoms with Crippen molar-refractivity contribution < 1.29 is 14.3 Å². The molecule has 2 atom stereocenters. The van der Waals surface area contributed by atoms with Crippen molar-refractivity contribution in [1.82, 2.24) is 4.90 Å². The molecule has 1 aromatic heterocycles. The Balaban J connectivity index is 1.98. The van der Waals surface area contributed by atoms with Gasteiger partial charge >= 0.3 is 0 Å². The smallest absolute Gasteiger partial charge is 0.225 e. The number of furan rings is 1. The fourth-order valence-corrected chi connectivity index (χ4v) is 2.56. The van der Waals surface area contributed by atoms with E-state index in [4.69, 9.17) is 4.42 Å². The average Bonchev–Trinajstić information content (AvgIpc) is 2.98. The van der Waals surface area contributed by atoms with E-state index in [9.17, 15) is 9.90 Å². The van der Waals surface area contributed by atoms with Crippen molar-refractivity contribution in [2.75, 3.05) is 6.54 Å². The number of aliphatic hydroxyl groups excluding tert-OH is 1. The van der Waals surface area contributed by atoms with Gasteiger partial charge in [-0.2, -0.15) is 0 Å². The molecule has 4 nitrogen and oxygen atoms in total. The summed E-state index contributed by atoms with van der Waals surface area (Å²) in [5.41, 5.74) is 0. The normalized spacial score (nSPS) is 21.6.